The number of pyridine rings is 2. The van der Waals surface area contributed by atoms with E-state index in [9.17, 15) is 5.11 Å². The van der Waals surface area contributed by atoms with Gasteiger partial charge in [0.1, 0.15) is 17.1 Å². The summed E-state index contributed by atoms with van der Waals surface area (Å²) >= 11 is 0. The molecule has 0 amide bonds. The van der Waals surface area contributed by atoms with Gasteiger partial charge in [-0.25, -0.2) is 4.98 Å². The monoisotopic (exact) mass is 579 g/mol. The molecule has 0 unspecified atom stereocenters. The van der Waals surface area contributed by atoms with E-state index in [0.29, 0.717) is 11.8 Å². The van der Waals surface area contributed by atoms with Gasteiger partial charge in [0.05, 0.1) is 11.4 Å². The first-order chi connectivity index (χ1) is 21.0. The number of benzene rings is 3. The summed E-state index contributed by atoms with van der Waals surface area (Å²) in [5.41, 5.74) is 12.4. The highest BCUT2D eigenvalue weighted by molar-refractivity contribution is 5.91. The van der Waals surface area contributed by atoms with Crippen LogP contribution in [0.25, 0.3) is 50.5 Å². The van der Waals surface area contributed by atoms with Gasteiger partial charge in [0.25, 0.3) is 0 Å². The minimum atomic E-state index is -0.0610. The van der Waals surface area contributed by atoms with Crippen molar-refractivity contribution in [2.24, 2.45) is 0 Å². The zero-order chi connectivity index (χ0) is 31.2. The smallest absolute Gasteiger partial charge is 0.145 e. The van der Waals surface area contributed by atoms with Crippen molar-refractivity contribution in [3.63, 3.8) is 0 Å². The van der Waals surface area contributed by atoms with Gasteiger partial charge in [-0.1, -0.05) is 90.9 Å². The standard InChI is InChI=1S/C40H41N3O/c1-25(2)30-15-12-16-31(26(3)4)36(30)38-37(33-14-8-9-19-35(33)44)42-39-32(17-13-21-43(38)39)27-22-28(34-18-10-11-20-41-34)24-29(23-27)40(5,6)7/h8-26,44H,1-7H3. The summed E-state index contributed by atoms with van der Waals surface area (Å²) in [5, 5.41) is 11.1. The van der Waals surface area contributed by atoms with Crippen molar-refractivity contribution in [3.8, 4) is 50.6 Å². The summed E-state index contributed by atoms with van der Waals surface area (Å²) in [6.45, 7) is 15.7. The summed E-state index contributed by atoms with van der Waals surface area (Å²) in [5.74, 6) is 0.831. The van der Waals surface area contributed by atoms with E-state index in [4.69, 9.17) is 4.98 Å². The fourth-order valence-electron chi connectivity index (χ4n) is 6.12. The lowest BCUT2D eigenvalue weighted by Gasteiger charge is -2.22. The van der Waals surface area contributed by atoms with E-state index in [0.717, 1.165) is 45.0 Å². The van der Waals surface area contributed by atoms with Gasteiger partial charge in [0.2, 0.25) is 0 Å². The fraction of sp³-hybridized carbons (Fsp3) is 0.250. The van der Waals surface area contributed by atoms with Gasteiger partial charge in [0.15, 0.2) is 0 Å². The number of rotatable bonds is 6. The van der Waals surface area contributed by atoms with E-state index in [-0.39, 0.29) is 11.2 Å². The highest BCUT2D eigenvalue weighted by atomic mass is 16.3. The molecule has 0 fully saturated rings. The Kier molecular flexibility index (Phi) is 7.63. The molecule has 6 rings (SSSR count). The Bertz CT molecular complexity index is 1930. The molecule has 0 radical (unpaired) electrons. The van der Waals surface area contributed by atoms with Crippen molar-refractivity contribution in [1.82, 2.24) is 14.4 Å². The van der Waals surface area contributed by atoms with Crippen LogP contribution in [-0.4, -0.2) is 19.5 Å². The minimum Gasteiger partial charge on any atom is -0.507 e. The van der Waals surface area contributed by atoms with Crippen LogP contribution >= 0.6 is 0 Å². The third-order valence-electron chi connectivity index (χ3n) is 8.49. The number of imidazole rings is 1. The first-order valence-electron chi connectivity index (χ1n) is 15.5. The number of fused-ring (bicyclic) bond motifs is 1. The number of aromatic nitrogens is 3. The molecule has 3 heterocycles. The number of phenolic OH excluding ortho intramolecular Hbond substituents is 1. The number of hydrogen-bond donors (Lipinski definition) is 1. The van der Waals surface area contributed by atoms with Crippen LogP contribution in [0.15, 0.2) is 103 Å². The summed E-state index contributed by atoms with van der Waals surface area (Å²) in [7, 11) is 0. The van der Waals surface area contributed by atoms with Crippen molar-refractivity contribution in [3.05, 3.63) is 120 Å². The number of phenols is 1. The number of hydrogen-bond acceptors (Lipinski definition) is 3. The largest absolute Gasteiger partial charge is 0.507 e. The Morgan fingerprint density at radius 1 is 0.705 bits per heavy atom. The first-order valence-corrected chi connectivity index (χ1v) is 15.5. The number of para-hydroxylation sites is 1. The van der Waals surface area contributed by atoms with Crippen molar-refractivity contribution >= 4 is 5.65 Å². The third kappa shape index (κ3) is 5.30. The molecule has 3 aromatic carbocycles. The molecule has 4 heteroatoms. The molecule has 0 bridgehead atoms. The van der Waals surface area contributed by atoms with E-state index in [1.807, 2.05) is 36.5 Å². The van der Waals surface area contributed by atoms with Gasteiger partial charge < -0.3 is 5.11 Å². The van der Waals surface area contributed by atoms with E-state index >= 15 is 0 Å². The fourth-order valence-corrected chi connectivity index (χ4v) is 6.12. The molecule has 222 valence electrons. The van der Waals surface area contributed by atoms with Crippen molar-refractivity contribution in [1.29, 1.82) is 0 Å². The van der Waals surface area contributed by atoms with Crippen molar-refractivity contribution in [2.75, 3.05) is 0 Å². The van der Waals surface area contributed by atoms with Gasteiger partial charge >= 0.3 is 0 Å². The molecular weight excluding hydrogens is 538 g/mol. The Balaban J connectivity index is 1.72. The maximum absolute atomic E-state index is 11.1. The van der Waals surface area contributed by atoms with Gasteiger partial charge in [-0.2, -0.15) is 0 Å². The second kappa shape index (κ2) is 11.4. The lowest BCUT2D eigenvalue weighted by molar-refractivity contribution is 0.477. The topological polar surface area (TPSA) is 50.4 Å². The molecule has 0 aliphatic rings. The Morgan fingerprint density at radius 3 is 2.00 bits per heavy atom. The molecule has 3 aromatic heterocycles. The molecule has 4 nitrogen and oxygen atoms in total. The SMILES string of the molecule is CC(C)c1cccc(C(C)C)c1-c1c(-c2ccccc2O)nc2c(-c3cc(-c4ccccn4)cc(C(C)(C)C)c3)cccn12. The zero-order valence-corrected chi connectivity index (χ0v) is 26.8. The quantitative estimate of drug-likeness (QED) is 0.213. The molecule has 0 spiro atoms. The molecule has 0 atom stereocenters. The average molecular weight is 580 g/mol. The Labute approximate surface area is 261 Å². The second-order valence-electron chi connectivity index (χ2n) is 13.3. The summed E-state index contributed by atoms with van der Waals surface area (Å²) in [4.78, 5) is 10.1. The van der Waals surface area contributed by atoms with E-state index in [2.05, 4.69) is 119 Å². The van der Waals surface area contributed by atoms with Crippen LogP contribution in [0, 0.1) is 0 Å². The Hall–Kier alpha value is -4.70. The lowest BCUT2D eigenvalue weighted by atomic mass is 9.84. The van der Waals surface area contributed by atoms with Crippen LogP contribution < -0.4 is 0 Å². The molecule has 6 aromatic rings. The van der Waals surface area contributed by atoms with Gasteiger partial charge in [-0.05, 0) is 88.0 Å². The van der Waals surface area contributed by atoms with E-state index in [1.54, 1.807) is 6.07 Å². The van der Waals surface area contributed by atoms with Gasteiger partial charge in [-0.15, -0.1) is 0 Å². The van der Waals surface area contributed by atoms with E-state index < -0.39 is 0 Å². The maximum atomic E-state index is 11.1. The van der Waals surface area contributed by atoms with Crippen LogP contribution in [0.1, 0.15) is 77.0 Å². The van der Waals surface area contributed by atoms with Crippen LogP contribution in [0.3, 0.4) is 0 Å². The van der Waals surface area contributed by atoms with Crippen LogP contribution in [0.5, 0.6) is 5.75 Å². The van der Waals surface area contributed by atoms with Crippen molar-refractivity contribution in [2.45, 2.75) is 65.7 Å². The van der Waals surface area contributed by atoms with E-state index in [1.165, 1.54) is 22.3 Å². The Morgan fingerprint density at radius 2 is 1.36 bits per heavy atom. The molecule has 0 saturated heterocycles. The summed E-state index contributed by atoms with van der Waals surface area (Å²) < 4.78 is 2.23. The second-order valence-corrected chi connectivity index (χ2v) is 13.3. The van der Waals surface area contributed by atoms with Crippen LogP contribution in [0.4, 0.5) is 0 Å². The maximum Gasteiger partial charge on any atom is 0.145 e. The number of nitrogens with zero attached hydrogens (tertiary/aromatic N) is 3. The molecule has 44 heavy (non-hydrogen) atoms. The third-order valence-corrected chi connectivity index (χ3v) is 8.49. The molecular formula is C40H41N3O. The van der Waals surface area contributed by atoms with Crippen LogP contribution in [-0.2, 0) is 5.41 Å². The highest BCUT2D eigenvalue weighted by Gasteiger charge is 2.26. The highest BCUT2D eigenvalue weighted by Crippen LogP contribution is 2.44. The predicted octanol–water partition coefficient (Wildman–Crippen LogP) is 10.6. The molecule has 0 aliphatic heterocycles. The average Bonchev–Trinajstić information content (AvgIpc) is 3.39. The minimum absolute atomic E-state index is 0.0610. The van der Waals surface area contributed by atoms with Gasteiger partial charge in [-0.3, -0.25) is 9.38 Å². The van der Waals surface area contributed by atoms with Gasteiger partial charge in [0, 0.05) is 34.6 Å². The van der Waals surface area contributed by atoms with Crippen LogP contribution in [0.2, 0.25) is 0 Å². The predicted molar refractivity (Wildman–Crippen MR) is 183 cm³/mol. The first kappa shape index (κ1) is 29.4. The van der Waals surface area contributed by atoms with Crippen molar-refractivity contribution < 1.29 is 5.11 Å². The molecule has 0 aliphatic carbocycles. The molecule has 0 saturated carbocycles. The normalized spacial score (nSPS) is 12.0. The zero-order valence-electron chi connectivity index (χ0n) is 26.8. The molecule has 1 N–H and O–H groups in total. The lowest BCUT2D eigenvalue weighted by Crippen LogP contribution is -2.11. The number of aromatic hydroxyl groups is 1. The summed E-state index contributed by atoms with van der Waals surface area (Å²) in [6.07, 6.45) is 3.95. The summed E-state index contributed by atoms with van der Waals surface area (Å²) in [6, 6.07) is 31.2.